The van der Waals surface area contributed by atoms with Gasteiger partial charge in [-0.15, -0.1) is 0 Å². The first-order valence-corrected chi connectivity index (χ1v) is 11.1. The van der Waals surface area contributed by atoms with E-state index in [2.05, 4.69) is 22.9 Å². The van der Waals surface area contributed by atoms with Crippen LogP contribution in [-0.2, 0) is 9.47 Å². The van der Waals surface area contributed by atoms with Crippen molar-refractivity contribution in [3.05, 3.63) is 0 Å². The molecule has 3 fully saturated rings. The van der Waals surface area contributed by atoms with Gasteiger partial charge < -0.3 is 9.47 Å². The Kier molecular flexibility index (Phi) is 7.56. The van der Waals surface area contributed by atoms with Crippen LogP contribution in [0.1, 0.15) is 51.4 Å². The Hall–Kier alpha value is 0.230. The molecule has 2 heterocycles. The maximum atomic E-state index is 5.99. The summed E-state index contributed by atoms with van der Waals surface area (Å²) in [7, 11) is 0. The molecule has 0 aromatic carbocycles. The number of morpholine rings is 1. The predicted octanol–water partition coefficient (Wildman–Crippen LogP) is 3.82. The number of hydrogen-bond acceptors (Lipinski definition) is 4. The molecule has 2 saturated heterocycles. The summed E-state index contributed by atoms with van der Waals surface area (Å²) in [4.78, 5) is 2.75. The third-order valence-electron chi connectivity index (χ3n) is 6.15. The van der Waals surface area contributed by atoms with Gasteiger partial charge in [-0.3, -0.25) is 4.90 Å². The molecule has 0 aromatic rings. The van der Waals surface area contributed by atoms with E-state index in [0.717, 1.165) is 56.6 Å². The molecular weight excluding hydrogens is 306 g/mol. The molecule has 0 unspecified atom stereocenters. The van der Waals surface area contributed by atoms with Gasteiger partial charge in [-0.05, 0) is 25.0 Å². The molecule has 0 spiro atoms. The summed E-state index contributed by atoms with van der Waals surface area (Å²) in [6, 6.07) is 0.695. The number of nitrogens with zero attached hydrogens (tertiary/aromatic N) is 1. The summed E-state index contributed by atoms with van der Waals surface area (Å²) >= 11 is 2.11. The highest BCUT2D eigenvalue weighted by atomic mass is 32.2. The Balaban J connectivity index is 1.76. The average Bonchev–Trinajstić information content (AvgIpc) is 3.03. The fourth-order valence-corrected chi connectivity index (χ4v) is 5.89. The maximum Gasteiger partial charge on any atom is 0.0594 e. The third kappa shape index (κ3) is 4.87. The Labute approximate surface area is 146 Å². The monoisotopic (exact) mass is 341 g/mol. The Bertz CT molecular complexity index is 335. The molecule has 3 aliphatic rings. The van der Waals surface area contributed by atoms with Crippen LogP contribution in [0.5, 0.6) is 0 Å². The molecule has 0 N–H and O–H groups in total. The van der Waals surface area contributed by atoms with Gasteiger partial charge in [-0.25, -0.2) is 0 Å². The van der Waals surface area contributed by atoms with Crippen molar-refractivity contribution >= 4 is 11.8 Å². The smallest absolute Gasteiger partial charge is 0.0594 e. The lowest BCUT2D eigenvalue weighted by atomic mass is 9.81. The van der Waals surface area contributed by atoms with Crippen LogP contribution in [0.2, 0.25) is 0 Å². The summed E-state index contributed by atoms with van der Waals surface area (Å²) in [5.74, 6) is 1.53. The average molecular weight is 342 g/mol. The van der Waals surface area contributed by atoms with Gasteiger partial charge in [0.05, 0.1) is 19.8 Å². The first-order chi connectivity index (χ1) is 11.4. The SMILES string of the molecule is CS[C@H]1CCCCCCCC[C@H]2COC[C@@H]2[C@@H]1N1CCOCC1. The lowest BCUT2D eigenvalue weighted by molar-refractivity contribution is -0.00438. The molecule has 3 rings (SSSR count). The van der Waals surface area contributed by atoms with Crippen molar-refractivity contribution in [3.8, 4) is 0 Å². The first kappa shape index (κ1) is 18.0. The van der Waals surface area contributed by atoms with E-state index in [0.29, 0.717) is 6.04 Å². The minimum Gasteiger partial charge on any atom is -0.381 e. The third-order valence-corrected chi connectivity index (χ3v) is 7.27. The highest BCUT2D eigenvalue weighted by Crippen LogP contribution is 2.37. The standard InChI is InChI=1S/C19H35NO2S/c1-23-18-9-7-5-3-2-4-6-8-16-14-22-15-17(16)19(18)20-10-12-21-13-11-20/h16-19H,2-15H2,1H3/t16-,17-,18-,19-/m0/s1. The second-order valence-electron chi connectivity index (χ2n) is 7.57. The van der Waals surface area contributed by atoms with Gasteiger partial charge in [-0.1, -0.05) is 38.5 Å². The minimum atomic E-state index is 0.695. The van der Waals surface area contributed by atoms with Gasteiger partial charge in [0.25, 0.3) is 0 Å². The molecule has 1 saturated carbocycles. The van der Waals surface area contributed by atoms with Crippen LogP contribution in [-0.4, -0.2) is 62.0 Å². The molecule has 134 valence electrons. The van der Waals surface area contributed by atoms with Crippen molar-refractivity contribution in [2.75, 3.05) is 45.8 Å². The first-order valence-electron chi connectivity index (χ1n) is 9.82. The molecule has 23 heavy (non-hydrogen) atoms. The summed E-state index contributed by atoms with van der Waals surface area (Å²) in [6.45, 7) is 6.05. The van der Waals surface area contributed by atoms with Crippen molar-refractivity contribution in [3.63, 3.8) is 0 Å². The van der Waals surface area contributed by atoms with E-state index >= 15 is 0 Å². The number of ether oxygens (including phenoxy) is 2. The van der Waals surface area contributed by atoms with Crippen molar-refractivity contribution in [2.24, 2.45) is 11.8 Å². The zero-order chi connectivity index (χ0) is 15.9. The molecule has 4 heteroatoms. The van der Waals surface area contributed by atoms with Gasteiger partial charge >= 0.3 is 0 Å². The number of rotatable bonds is 2. The van der Waals surface area contributed by atoms with E-state index in [1.807, 2.05) is 0 Å². The zero-order valence-electron chi connectivity index (χ0n) is 14.9. The van der Waals surface area contributed by atoms with Gasteiger partial charge in [0.2, 0.25) is 0 Å². The lowest BCUT2D eigenvalue weighted by Crippen LogP contribution is -2.53. The van der Waals surface area contributed by atoms with Crippen LogP contribution in [0, 0.1) is 11.8 Å². The van der Waals surface area contributed by atoms with E-state index in [-0.39, 0.29) is 0 Å². The second-order valence-corrected chi connectivity index (χ2v) is 8.65. The lowest BCUT2D eigenvalue weighted by Gasteiger charge is -2.43. The van der Waals surface area contributed by atoms with E-state index in [1.54, 1.807) is 0 Å². The van der Waals surface area contributed by atoms with Crippen molar-refractivity contribution < 1.29 is 9.47 Å². The molecule has 1 aliphatic carbocycles. The molecule has 0 aromatic heterocycles. The van der Waals surface area contributed by atoms with Gasteiger partial charge in [0.15, 0.2) is 0 Å². The second kappa shape index (κ2) is 9.65. The van der Waals surface area contributed by atoms with Crippen molar-refractivity contribution in [1.29, 1.82) is 0 Å². The molecule has 3 nitrogen and oxygen atoms in total. The van der Waals surface area contributed by atoms with Crippen molar-refractivity contribution in [1.82, 2.24) is 4.90 Å². The van der Waals surface area contributed by atoms with Gasteiger partial charge in [0.1, 0.15) is 0 Å². The predicted molar refractivity (Wildman–Crippen MR) is 98.2 cm³/mol. The molecule has 0 amide bonds. The van der Waals surface area contributed by atoms with Gasteiger partial charge in [0, 0.05) is 36.9 Å². The largest absolute Gasteiger partial charge is 0.381 e. The molecule has 4 atom stereocenters. The highest BCUT2D eigenvalue weighted by Gasteiger charge is 2.41. The van der Waals surface area contributed by atoms with Gasteiger partial charge in [-0.2, -0.15) is 11.8 Å². The normalized spacial score (nSPS) is 38.5. The van der Waals surface area contributed by atoms with Crippen LogP contribution < -0.4 is 0 Å². The van der Waals surface area contributed by atoms with E-state index in [1.165, 1.54) is 51.4 Å². The summed E-state index contributed by atoms with van der Waals surface area (Å²) in [5.41, 5.74) is 0. The van der Waals surface area contributed by atoms with Crippen LogP contribution in [0.15, 0.2) is 0 Å². The maximum absolute atomic E-state index is 5.99. The molecular formula is C19H35NO2S. The zero-order valence-corrected chi connectivity index (χ0v) is 15.7. The quantitative estimate of drug-likeness (QED) is 0.761. The fourth-order valence-electron chi connectivity index (χ4n) is 4.83. The number of fused-ring (bicyclic) bond motifs is 1. The van der Waals surface area contributed by atoms with E-state index in [4.69, 9.17) is 9.47 Å². The molecule has 0 radical (unpaired) electrons. The highest BCUT2D eigenvalue weighted by molar-refractivity contribution is 7.99. The summed E-state index contributed by atoms with van der Waals surface area (Å²) in [5, 5.41) is 0.765. The van der Waals surface area contributed by atoms with Crippen LogP contribution in [0.25, 0.3) is 0 Å². The number of thioether (sulfide) groups is 1. The molecule has 2 aliphatic heterocycles. The fraction of sp³-hybridized carbons (Fsp3) is 1.00. The van der Waals surface area contributed by atoms with E-state index in [9.17, 15) is 0 Å². The Morgan fingerprint density at radius 2 is 1.52 bits per heavy atom. The topological polar surface area (TPSA) is 21.7 Å². The summed E-state index contributed by atoms with van der Waals surface area (Å²) in [6.07, 6.45) is 13.6. The van der Waals surface area contributed by atoms with Crippen LogP contribution in [0.3, 0.4) is 0 Å². The number of hydrogen-bond donors (Lipinski definition) is 0. The van der Waals surface area contributed by atoms with Crippen LogP contribution in [0.4, 0.5) is 0 Å². The van der Waals surface area contributed by atoms with E-state index < -0.39 is 0 Å². The Morgan fingerprint density at radius 3 is 2.26 bits per heavy atom. The van der Waals surface area contributed by atoms with Crippen molar-refractivity contribution in [2.45, 2.75) is 62.7 Å². The summed E-state index contributed by atoms with van der Waals surface area (Å²) < 4.78 is 11.6. The minimum absolute atomic E-state index is 0.695. The molecule has 0 bridgehead atoms. The Morgan fingerprint density at radius 1 is 0.826 bits per heavy atom. The van der Waals surface area contributed by atoms with Crippen LogP contribution >= 0.6 is 11.8 Å².